The van der Waals surface area contributed by atoms with Crippen LogP contribution in [-0.2, 0) is 9.59 Å². The number of carbonyl (C=O) groups is 2. The van der Waals surface area contributed by atoms with Crippen molar-refractivity contribution in [2.45, 2.75) is 25.3 Å². The van der Waals surface area contributed by atoms with Crippen LogP contribution in [0, 0.1) is 11.8 Å². The highest BCUT2D eigenvalue weighted by Gasteiger charge is 2.40. The molecule has 0 spiro atoms. The van der Waals surface area contributed by atoms with Crippen molar-refractivity contribution in [3.05, 3.63) is 28.7 Å². The number of nitrogens with two attached hydrogens (primary N) is 1. The van der Waals surface area contributed by atoms with E-state index in [4.69, 9.17) is 5.73 Å². The van der Waals surface area contributed by atoms with Gasteiger partial charge in [-0.25, -0.2) is 0 Å². The molecular formula is C16H20BrN3O2. The lowest BCUT2D eigenvalue weighted by atomic mass is 10.1. The lowest BCUT2D eigenvalue weighted by Crippen LogP contribution is -2.46. The van der Waals surface area contributed by atoms with Crippen molar-refractivity contribution in [1.29, 1.82) is 0 Å². The van der Waals surface area contributed by atoms with E-state index in [1.165, 1.54) is 0 Å². The van der Waals surface area contributed by atoms with Crippen LogP contribution in [0.4, 0.5) is 5.69 Å². The third-order valence-corrected chi connectivity index (χ3v) is 5.11. The highest BCUT2D eigenvalue weighted by Crippen LogP contribution is 2.34. The maximum atomic E-state index is 12.6. The molecule has 1 aromatic rings. The molecule has 1 heterocycles. The number of para-hydroxylation sites is 1. The maximum Gasteiger partial charge on any atom is 0.239 e. The first-order valence-corrected chi connectivity index (χ1v) is 8.47. The number of nitrogens with one attached hydrogen (secondary N) is 1. The van der Waals surface area contributed by atoms with Gasteiger partial charge in [-0.2, -0.15) is 0 Å². The molecule has 2 unspecified atom stereocenters. The molecular weight excluding hydrogens is 346 g/mol. The minimum Gasteiger partial charge on any atom is -0.351 e. The van der Waals surface area contributed by atoms with E-state index >= 15 is 0 Å². The van der Waals surface area contributed by atoms with Gasteiger partial charge in [-0.1, -0.05) is 12.1 Å². The smallest absolute Gasteiger partial charge is 0.239 e. The summed E-state index contributed by atoms with van der Waals surface area (Å²) < 4.78 is 0.863. The van der Waals surface area contributed by atoms with Crippen LogP contribution in [0.5, 0.6) is 0 Å². The number of benzene rings is 1. The number of halogens is 1. The van der Waals surface area contributed by atoms with Crippen molar-refractivity contribution in [3.63, 3.8) is 0 Å². The van der Waals surface area contributed by atoms with Crippen LogP contribution in [0.3, 0.4) is 0 Å². The van der Waals surface area contributed by atoms with Crippen molar-refractivity contribution in [3.8, 4) is 0 Å². The molecule has 1 aliphatic carbocycles. The van der Waals surface area contributed by atoms with Gasteiger partial charge in [-0.15, -0.1) is 0 Å². The average molecular weight is 366 g/mol. The maximum absolute atomic E-state index is 12.6. The molecule has 5 nitrogen and oxygen atoms in total. The van der Waals surface area contributed by atoms with E-state index in [1.807, 2.05) is 24.3 Å². The Balaban J connectivity index is 1.68. The van der Waals surface area contributed by atoms with Gasteiger partial charge in [0.1, 0.15) is 5.92 Å². The molecule has 1 saturated carbocycles. The number of hydrogen-bond acceptors (Lipinski definition) is 3. The molecule has 2 atom stereocenters. The fourth-order valence-corrected chi connectivity index (χ4v) is 3.48. The van der Waals surface area contributed by atoms with Gasteiger partial charge in [0.15, 0.2) is 0 Å². The fourth-order valence-electron chi connectivity index (χ4n) is 2.98. The summed E-state index contributed by atoms with van der Waals surface area (Å²) in [6, 6.07) is 7.58. The van der Waals surface area contributed by atoms with E-state index in [2.05, 4.69) is 21.2 Å². The van der Waals surface area contributed by atoms with Gasteiger partial charge in [-0.3, -0.25) is 9.59 Å². The molecule has 3 rings (SSSR count). The van der Waals surface area contributed by atoms with E-state index in [1.54, 1.807) is 4.90 Å². The zero-order valence-electron chi connectivity index (χ0n) is 12.3. The Bertz CT molecular complexity index is 589. The van der Waals surface area contributed by atoms with Crippen LogP contribution >= 0.6 is 15.9 Å². The Morgan fingerprint density at radius 2 is 2.09 bits per heavy atom. The van der Waals surface area contributed by atoms with Crippen LogP contribution in [-0.4, -0.2) is 30.9 Å². The van der Waals surface area contributed by atoms with Gasteiger partial charge < -0.3 is 16.0 Å². The van der Waals surface area contributed by atoms with Gasteiger partial charge in [0.25, 0.3) is 0 Å². The largest absolute Gasteiger partial charge is 0.351 e. The van der Waals surface area contributed by atoms with Crippen LogP contribution in [0.1, 0.15) is 19.3 Å². The quantitative estimate of drug-likeness (QED) is 0.779. The Kier molecular flexibility index (Phi) is 4.49. The molecule has 0 radical (unpaired) electrons. The van der Waals surface area contributed by atoms with E-state index < -0.39 is 5.92 Å². The number of nitrogens with zero attached hydrogens (tertiary/aromatic N) is 1. The standard InChI is InChI=1S/C16H20BrN3O2/c17-12-3-1-2-4-14(12)20-8-7-11(16(20)22)15(21)19-13(9-18)10-5-6-10/h1-4,10-11,13H,5-9,18H2,(H,19,21). The number of amides is 2. The fraction of sp³-hybridized carbons (Fsp3) is 0.500. The molecule has 0 aromatic heterocycles. The molecule has 3 N–H and O–H groups in total. The van der Waals surface area contributed by atoms with E-state index in [9.17, 15) is 9.59 Å². The van der Waals surface area contributed by atoms with Gasteiger partial charge in [0.2, 0.25) is 11.8 Å². The minimum absolute atomic E-state index is 0.0119. The van der Waals surface area contributed by atoms with Crippen LogP contribution in [0.25, 0.3) is 0 Å². The Hall–Kier alpha value is -1.40. The summed E-state index contributed by atoms with van der Waals surface area (Å²) in [6.45, 7) is 1.00. The summed E-state index contributed by atoms with van der Waals surface area (Å²) in [5, 5.41) is 2.96. The molecule has 1 aliphatic heterocycles. The topological polar surface area (TPSA) is 75.4 Å². The first-order valence-electron chi connectivity index (χ1n) is 7.68. The van der Waals surface area contributed by atoms with Crippen molar-refractivity contribution >= 4 is 33.4 Å². The highest BCUT2D eigenvalue weighted by atomic mass is 79.9. The second kappa shape index (κ2) is 6.38. The Morgan fingerprint density at radius 1 is 1.36 bits per heavy atom. The summed E-state index contributed by atoms with van der Waals surface area (Å²) in [5.74, 6) is -0.414. The second-order valence-electron chi connectivity index (χ2n) is 5.97. The molecule has 2 fully saturated rings. The lowest BCUT2D eigenvalue weighted by Gasteiger charge is -2.20. The SMILES string of the molecule is NCC(NC(=O)C1CCN(c2ccccc2Br)C1=O)C1CC1. The number of hydrogen-bond donors (Lipinski definition) is 2. The van der Waals surface area contributed by atoms with Crippen molar-refractivity contribution in [1.82, 2.24) is 5.32 Å². The first kappa shape index (κ1) is 15.5. The molecule has 2 amide bonds. The molecule has 0 bridgehead atoms. The Morgan fingerprint density at radius 3 is 2.73 bits per heavy atom. The van der Waals surface area contributed by atoms with Crippen LogP contribution < -0.4 is 16.0 Å². The van der Waals surface area contributed by atoms with E-state index in [-0.39, 0.29) is 17.9 Å². The Labute approximate surface area is 138 Å². The third-order valence-electron chi connectivity index (χ3n) is 4.44. The zero-order valence-corrected chi connectivity index (χ0v) is 13.9. The second-order valence-corrected chi connectivity index (χ2v) is 6.83. The average Bonchev–Trinajstić information content (AvgIpc) is 3.28. The number of carbonyl (C=O) groups excluding carboxylic acids is 2. The lowest BCUT2D eigenvalue weighted by molar-refractivity contribution is -0.132. The molecule has 1 saturated heterocycles. The van der Waals surface area contributed by atoms with Gasteiger partial charge in [0.05, 0.1) is 5.69 Å². The summed E-state index contributed by atoms with van der Waals surface area (Å²) in [4.78, 5) is 26.6. The highest BCUT2D eigenvalue weighted by molar-refractivity contribution is 9.10. The first-order chi connectivity index (χ1) is 10.6. The zero-order chi connectivity index (χ0) is 15.7. The summed E-state index contributed by atoms with van der Waals surface area (Å²) in [5.41, 5.74) is 6.54. The normalized spacial score (nSPS) is 22.7. The van der Waals surface area contributed by atoms with Crippen molar-refractivity contribution in [2.24, 2.45) is 17.6 Å². The van der Waals surface area contributed by atoms with Gasteiger partial charge in [-0.05, 0) is 53.2 Å². The van der Waals surface area contributed by atoms with E-state index in [0.717, 1.165) is 23.0 Å². The summed E-state index contributed by atoms with van der Waals surface area (Å²) in [7, 11) is 0. The van der Waals surface area contributed by atoms with E-state index in [0.29, 0.717) is 25.4 Å². The summed E-state index contributed by atoms with van der Waals surface area (Å²) >= 11 is 3.46. The van der Waals surface area contributed by atoms with Crippen molar-refractivity contribution in [2.75, 3.05) is 18.0 Å². The summed E-state index contributed by atoms with van der Waals surface area (Å²) in [6.07, 6.45) is 2.78. The predicted octanol–water partition coefficient (Wildman–Crippen LogP) is 1.66. The van der Waals surface area contributed by atoms with Crippen LogP contribution in [0.15, 0.2) is 28.7 Å². The van der Waals surface area contributed by atoms with Gasteiger partial charge >= 0.3 is 0 Å². The number of rotatable bonds is 5. The predicted molar refractivity (Wildman–Crippen MR) is 88.3 cm³/mol. The van der Waals surface area contributed by atoms with Crippen LogP contribution in [0.2, 0.25) is 0 Å². The van der Waals surface area contributed by atoms with Crippen molar-refractivity contribution < 1.29 is 9.59 Å². The monoisotopic (exact) mass is 365 g/mol. The molecule has 118 valence electrons. The minimum atomic E-state index is -0.597. The molecule has 6 heteroatoms. The molecule has 22 heavy (non-hydrogen) atoms. The molecule has 1 aromatic carbocycles. The third kappa shape index (κ3) is 3.03. The molecule has 2 aliphatic rings. The van der Waals surface area contributed by atoms with Gasteiger partial charge in [0, 0.05) is 23.6 Å². The number of anilines is 1.